The van der Waals surface area contributed by atoms with E-state index in [-0.39, 0.29) is 14.9 Å². The second kappa shape index (κ2) is 16.0. The largest absolute Gasteiger partial charge is 0.262 e. The lowest BCUT2D eigenvalue weighted by molar-refractivity contribution is 1.09. The predicted molar refractivity (Wildman–Crippen MR) is 51.5 cm³/mol. The van der Waals surface area contributed by atoms with Crippen molar-refractivity contribution in [1.82, 2.24) is 9.97 Å². The van der Waals surface area contributed by atoms with Gasteiger partial charge in [0.2, 0.25) is 0 Å². The molecule has 11 heavy (non-hydrogen) atoms. The summed E-state index contributed by atoms with van der Waals surface area (Å²) in [5.41, 5.74) is 0. The minimum atomic E-state index is 0. The quantitative estimate of drug-likeness (QED) is 0.576. The zero-order valence-corrected chi connectivity index (χ0v) is 5.91. The van der Waals surface area contributed by atoms with Crippen LogP contribution in [0, 0.1) is 0 Å². The van der Waals surface area contributed by atoms with Crippen LogP contribution in [0.4, 0.5) is 0 Å². The number of aromatic nitrogens is 2. The maximum absolute atomic E-state index is 3.72. The van der Waals surface area contributed by atoms with Gasteiger partial charge in [0.05, 0.1) is 0 Å². The molecule has 1 aromatic heterocycles. The van der Waals surface area contributed by atoms with Gasteiger partial charge in [-0.2, -0.15) is 0 Å². The van der Waals surface area contributed by atoms with E-state index in [1.165, 1.54) is 6.42 Å². The van der Waals surface area contributed by atoms with E-state index in [9.17, 15) is 0 Å². The fourth-order valence-corrected chi connectivity index (χ4v) is 0.253. The van der Waals surface area contributed by atoms with Crippen molar-refractivity contribution in [2.45, 2.75) is 35.1 Å². The van der Waals surface area contributed by atoms with Gasteiger partial charge in [-0.3, -0.25) is 9.97 Å². The van der Waals surface area contributed by atoms with Crippen LogP contribution in [0.5, 0.6) is 0 Å². The van der Waals surface area contributed by atoms with Crippen molar-refractivity contribution in [3.63, 3.8) is 0 Å². The molecule has 0 bridgehead atoms. The summed E-state index contributed by atoms with van der Waals surface area (Å²) >= 11 is 0. The van der Waals surface area contributed by atoms with Gasteiger partial charge in [0.1, 0.15) is 0 Å². The first-order valence-electron chi connectivity index (χ1n) is 3.11. The third-order valence-corrected chi connectivity index (χ3v) is 0.478. The van der Waals surface area contributed by atoms with Gasteiger partial charge in [0.25, 0.3) is 0 Å². The average Bonchev–Trinajstić information content (AvgIpc) is 1.93. The first kappa shape index (κ1) is 16.6. The maximum Gasteiger partial charge on any atom is 0.0451 e. The minimum Gasteiger partial charge on any atom is -0.262 e. The van der Waals surface area contributed by atoms with Gasteiger partial charge >= 0.3 is 0 Å². The Hall–Kier alpha value is -0.920. The molecule has 2 heteroatoms. The summed E-state index contributed by atoms with van der Waals surface area (Å²) in [6, 6.07) is 0. The fourth-order valence-electron chi connectivity index (χ4n) is 0.253. The van der Waals surface area contributed by atoms with E-state index in [4.69, 9.17) is 0 Å². The molecule has 0 saturated heterocycles. The van der Waals surface area contributed by atoms with Crippen molar-refractivity contribution in [2.24, 2.45) is 0 Å². The second-order valence-electron chi connectivity index (χ2n) is 1.60. The van der Waals surface area contributed by atoms with Crippen LogP contribution in [0.25, 0.3) is 0 Å². The zero-order valence-electron chi connectivity index (χ0n) is 5.91. The van der Waals surface area contributed by atoms with Gasteiger partial charge in [-0.15, -0.1) is 0 Å². The monoisotopic (exact) mass is 156 g/mol. The summed E-state index contributed by atoms with van der Waals surface area (Å²) < 4.78 is 0. The molecule has 1 rings (SSSR count). The number of rotatable bonds is 0. The molecule has 0 aliphatic carbocycles. The summed E-state index contributed by atoms with van der Waals surface area (Å²) in [6.07, 6.45) is 7.81. The van der Waals surface area contributed by atoms with Crippen LogP contribution < -0.4 is 0 Å². The highest BCUT2D eigenvalue weighted by Crippen LogP contribution is 1.65. The van der Waals surface area contributed by atoms with Crippen molar-refractivity contribution >= 4 is 0 Å². The second-order valence-corrected chi connectivity index (χ2v) is 1.60. The molecule has 0 amide bonds. The Balaban J connectivity index is -0.000000116. The smallest absolute Gasteiger partial charge is 0.0451 e. The third-order valence-electron chi connectivity index (χ3n) is 0.478. The molecular formula is C9H20N2. The molecule has 0 aliphatic rings. The zero-order chi connectivity index (χ0) is 6.95. The van der Waals surface area contributed by atoms with Gasteiger partial charge in [0, 0.05) is 24.8 Å². The summed E-state index contributed by atoms with van der Waals surface area (Å²) in [6.45, 7) is 4.25. The van der Waals surface area contributed by atoms with Crippen LogP contribution >= 0.6 is 0 Å². The lowest BCUT2D eigenvalue weighted by atomic mass is 10.6. The van der Waals surface area contributed by atoms with Crippen molar-refractivity contribution in [1.29, 1.82) is 0 Å². The summed E-state index contributed by atoms with van der Waals surface area (Å²) in [5.74, 6) is 0. The van der Waals surface area contributed by atoms with E-state index in [2.05, 4.69) is 23.8 Å². The van der Waals surface area contributed by atoms with Crippen LogP contribution in [-0.2, 0) is 0 Å². The van der Waals surface area contributed by atoms with Gasteiger partial charge < -0.3 is 0 Å². The summed E-state index contributed by atoms with van der Waals surface area (Å²) in [4.78, 5) is 7.44. The van der Waals surface area contributed by atoms with Gasteiger partial charge in [0.15, 0.2) is 0 Å². The molecule has 0 N–H and O–H groups in total. The Morgan fingerprint density at radius 1 is 0.818 bits per heavy atom. The molecule has 1 aromatic rings. The molecule has 0 atom stereocenters. The number of hydrogen-bond donors (Lipinski definition) is 0. The molecule has 0 aromatic carbocycles. The van der Waals surface area contributed by atoms with Crippen LogP contribution in [0.15, 0.2) is 24.8 Å². The molecule has 1 heterocycles. The van der Waals surface area contributed by atoms with E-state index in [1.807, 2.05) is 0 Å². The van der Waals surface area contributed by atoms with E-state index in [0.717, 1.165) is 0 Å². The molecule has 0 saturated carbocycles. The minimum absolute atomic E-state index is 0. The third kappa shape index (κ3) is 17.6. The molecule has 0 unspecified atom stereocenters. The van der Waals surface area contributed by atoms with Crippen LogP contribution in [0.3, 0.4) is 0 Å². The first-order valence-corrected chi connectivity index (χ1v) is 3.11. The van der Waals surface area contributed by atoms with E-state index in [1.54, 1.807) is 24.8 Å². The normalized spacial score (nSPS) is 6.00. The average molecular weight is 156 g/mol. The molecule has 0 radical (unpaired) electrons. The SMILES string of the molecule is C.C.CCC.c1cnccn1. The van der Waals surface area contributed by atoms with Crippen molar-refractivity contribution < 1.29 is 0 Å². The maximum atomic E-state index is 3.72. The van der Waals surface area contributed by atoms with Gasteiger partial charge in [-0.05, 0) is 0 Å². The Morgan fingerprint density at radius 2 is 1.00 bits per heavy atom. The summed E-state index contributed by atoms with van der Waals surface area (Å²) in [5, 5.41) is 0. The molecular weight excluding hydrogens is 136 g/mol. The molecule has 0 spiro atoms. The Bertz CT molecular complexity index is 90.4. The predicted octanol–water partition coefficient (Wildman–Crippen LogP) is 3.17. The van der Waals surface area contributed by atoms with E-state index in [0.29, 0.717) is 0 Å². The van der Waals surface area contributed by atoms with Crippen molar-refractivity contribution in [3.05, 3.63) is 24.8 Å². The standard InChI is InChI=1S/C4H4N2.C3H8.2CH4/c1-2-6-4-3-5-1;1-3-2;;/h1-4H;3H2,1-2H3;2*1H4. The highest BCUT2D eigenvalue weighted by Gasteiger charge is 1.59. The lowest BCUT2D eigenvalue weighted by Gasteiger charge is -1.70. The fraction of sp³-hybridized carbons (Fsp3) is 0.556. The van der Waals surface area contributed by atoms with Crippen molar-refractivity contribution in [2.75, 3.05) is 0 Å². The number of hydrogen-bond acceptors (Lipinski definition) is 2. The molecule has 66 valence electrons. The van der Waals surface area contributed by atoms with Crippen LogP contribution in [0.1, 0.15) is 35.1 Å². The Kier molecular flexibility index (Phi) is 24.2. The Morgan fingerprint density at radius 3 is 1.09 bits per heavy atom. The molecule has 0 fully saturated rings. The van der Waals surface area contributed by atoms with Crippen LogP contribution in [0.2, 0.25) is 0 Å². The summed E-state index contributed by atoms with van der Waals surface area (Å²) in [7, 11) is 0. The molecule has 2 nitrogen and oxygen atoms in total. The van der Waals surface area contributed by atoms with Crippen molar-refractivity contribution in [3.8, 4) is 0 Å². The van der Waals surface area contributed by atoms with E-state index >= 15 is 0 Å². The van der Waals surface area contributed by atoms with Gasteiger partial charge in [-0.25, -0.2) is 0 Å². The van der Waals surface area contributed by atoms with E-state index < -0.39 is 0 Å². The molecule has 0 aliphatic heterocycles. The highest BCUT2D eigenvalue weighted by atomic mass is 14.7. The lowest BCUT2D eigenvalue weighted by Crippen LogP contribution is -1.66. The first-order chi connectivity index (χ1) is 4.41. The van der Waals surface area contributed by atoms with Crippen LogP contribution in [-0.4, -0.2) is 9.97 Å². The highest BCUT2D eigenvalue weighted by molar-refractivity contribution is 4.70. The Labute approximate surface area is 70.7 Å². The van der Waals surface area contributed by atoms with Gasteiger partial charge in [-0.1, -0.05) is 35.1 Å². The topological polar surface area (TPSA) is 25.8 Å². The number of nitrogens with zero attached hydrogens (tertiary/aromatic N) is 2.